The number of piperidine rings is 1. The van der Waals surface area contributed by atoms with Gasteiger partial charge in [-0.05, 0) is 32.8 Å². The van der Waals surface area contributed by atoms with E-state index in [1.807, 2.05) is 24.8 Å². The predicted molar refractivity (Wildman–Crippen MR) is 75.6 cm³/mol. The minimum Gasteiger partial charge on any atom is -0.338 e. The van der Waals surface area contributed by atoms with Crippen LogP contribution in [0.4, 0.5) is 0 Å². The largest absolute Gasteiger partial charge is 0.338 e. The summed E-state index contributed by atoms with van der Waals surface area (Å²) in [4.78, 5) is 18.9. The Hall–Kier alpha value is -1.95. The van der Waals surface area contributed by atoms with Crippen LogP contribution in [0.15, 0.2) is 12.3 Å². The van der Waals surface area contributed by atoms with Crippen molar-refractivity contribution in [3.8, 4) is 0 Å². The summed E-state index contributed by atoms with van der Waals surface area (Å²) in [7, 11) is 0. The maximum absolute atomic E-state index is 12.6. The van der Waals surface area contributed by atoms with Gasteiger partial charge in [0.2, 0.25) is 0 Å². The number of amides is 1. The molecule has 2 N–H and O–H groups in total. The molecular weight excluding hydrogens is 254 g/mol. The zero-order valence-electron chi connectivity index (χ0n) is 11.8. The fourth-order valence-electron chi connectivity index (χ4n) is 2.69. The number of hydrogen-bond donors (Lipinski definition) is 1. The van der Waals surface area contributed by atoms with Crippen molar-refractivity contribution in [3.63, 3.8) is 0 Å². The van der Waals surface area contributed by atoms with Gasteiger partial charge >= 0.3 is 0 Å². The Bertz CT molecular complexity index is 655. The van der Waals surface area contributed by atoms with Gasteiger partial charge in [0.05, 0.1) is 6.20 Å². The van der Waals surface area contributed by atoms with E-state index in [1.165, 1.54) is 0 Å². The molecule has 0 bridgehead atoms. The number of carbonyl (C=O) groups excluding carboxylic acids is 1. The van der Waals surface area contributed by atoms with E-state index in [4.69, 9.17) is 5.73 Å². The molecule has 1 amide bonds. The van der Waals surface area contributed by atoms with Crippen LogP contribution >= 0.6 is 0 Å². The van der Waals surface area contributed by atoms with E-state index >= 15 is 0 Å². The Morgan fingerprint density at radius 1 is 1.35 bits per heavy atom. The molecular formula is C14H19N5O. The SMILES string of the molecule is Cc1cc(C)n2ncc(C(=O)N3CCC(N)CC3)c2n1. The van der Waals surface area contributed by atoms with Crippen LogP contribution in [-0.2, 0) is 0 Å². The number of likely N-dealkylation sites (tertiary alicyclic amines) is 1. The van der Waals surface area contributed by atoms with Crippen LogP contribution in [0.1, 0.15) is 34.6 Å². The van der Waals surface area contributed by atoms with Crippen molar-refractivity contribution >= 4 is 11.6 Å². The fraction of sp³-hybridized carbons (Fsp3) is 0.500. The van der Waals surface area contributed by atoms with E-state index in [2.05, 4.69) is 10.1 Å². The van der Waals surface area contributed by atoms with Gasteiger partial charge in [-0.25, -0.2) is 9.50 Å². The molecule has 3 rings (SSSR count). The van der Waals surface area contributed by atoms with Crippen molar-refractivity contribution in [2.45, 2.75) is 32.7 Å². The standard InChI is InChI=1S/C14H19N5O/c1-9-7-10(2)19-13(17-9)12(8-16-19)14(20)18-5-3-11(15)4-6-18/h7-8,11H,3-6,15H2,1-2H3. The van der Waals surface area contributed by atoms with Gasteiger partial charge in [-0.15, -0.1) is 0 Å². The summed E-state index contributed by atoms with van der Waals surface area (Å²) in [6.07, 6.45) is 3.33. The molecule has 0 aromatic carbocycles. The zero-order valence-corrected chi connectivity index (χ0v) is 11.8. The maximum Gasteiger partial charge on any atom is 0.259 e. The number of aromatic nitrogens is 3. The molecule has 1 aliphatic rings. The Balaban J connectivity index is 1.96. The first-order valence-corrected chi connectivity index (χ1v) is 6.93. The Morgan fingerprint density at radius 2 is 2.05 bits per heavy atom. The second-order valence-corrected chi connectivity index (χ2v) is 5.46. The van der Waals surface area contributed by atoms with Gasteiger partial charge in [0.15, 0.2) is 5.65 Å². The Kier molecular flexibility index (Phi) is 3.17. The van der Waals surface area contributed by atoms with Gasteiger partial charge in [0.1, 0.15) is 5.56 Å². The second-order valence-electron chi connectivity index (χ2n) is 5.46. The molecule has 6 heteroatoms. The van der Waals surface area contributed by atoms with Crippen LogP contribution in [0.3, 0.4) is 0 Å². The van der Waals surface area contributed by atoms with Gasteiger partial charge in [-0.2, -0.15) is 5.10 Å². The molecule has 2 aromatic rings. The Labute approximate surface area is 117 Å². The molecule has 0 spiro atoms. The van der Waals surface area contributed by atoms with Crippen LogP contribution in [0, 0.1) is 13.8 Å². The van der Waals surface area contributed by atoms with E-state index in [0.717, 1.165) is 24.2 Å². The lowest BCUT2D eigenvalue weighted by atomic mass is 10.1. The summed E-state index contributed by atoms with van der Waals surface area (Å²) >= 11 is 0. The van der Waals surface area contributed by atoms with Crippen molar-refractivity contribution < 1.29 is 4.79 Å². The quantitative estimate of drug-likeness (QED) is 0.838. The number of carbonyl (C=O) groups is 1. The third-order valence-electron chi connectivity index (χ3n) is 3.84. The number of rotatable bonds is 1. The van der Waals surface area contributed by atoms with E-state index in [1.54, 1.807) is 10.7 Å². The maximum atomic E-state index is 12.6. The molecule has 1 aliphatic heterocycles. The zero-order chi connectivity index (χ0) is 14.3. The van der Waals surface area contributed by atoms with Gasteiger partial charge in [0, 0.05) is 30.5 Å². The highest BCUT2D eigenvalue weighted by Gasteiger charge is 2.24. The molecule has 0 unspecified atom stereocenters. The second kappa shape index (κ2) is 4.86. The van der Waals surface area contributed by atoms with E-state index in [9.17, 15) is 4.79 Å². The van der Waals surface area contributed by atoms with Crippen LogP contribution in [0.5, 0.6) is 0 Å². The van der Waals surface area contributed by atoms with Crippen molar-refractivity contribution in [1.29, 1.82) is 0 Å². The van der Waals surface area contributed by atoms with Gasteiger partial charge in [0.25, 0.3) is 5.91 Å². The molecule has 0 atom stereocenters. The fourth-order valence-corrected chi connectivity index (χ4v) is 2.69. The summed E-state index contributed by atoms with van der Waals surface area (Å²) in [5.74, 6) is 0.00407. The van der Waals surface area contributed by atoms with Crippen molar-refractivity contribution in [3.05, 3.63) is 29.2 Å². The number of aryl methyl sites for hydroxylation is 2. The number of hydrogen-bond acceptors (Lipinski definition) is 4. The van der Waals surface area contributed by atoms with Crippen LogP contribution in [0.25, 0.3) is 5.65 Å². The average Bonchev–Trinajstić information content (AvgIpc) is 2.82. The summed E-state index contributed by atoms with van der Waals surface area (Å²) in [5.41, 5.74) is 8.97. The molecule has 0 radical (unpaired) electrons. The molecule has 20 heavy (non-hydrogen) atoms. The van der Waals surface area contributed by atoms with Crippen LogP contribution in [0.2, 0.25) is 0 Å². The lowest BCUT2D eigenvalue weighted by molar-refractivity contribution is 0.0716. The van der Waals surface area contributed by atoms with Gasteiger partial charge in [-0.1, -0.05) is 0 Å². The third-order valence-corrected chi connectivity index (χ3v) is 3.84. The average molecular weight is 273 g/mol. The molecule has 0 saturated carbocycles. The lowest BCUT2D eigenvalue weighted by Gasteiger charge is -2.29. The van der Waals surface area contributed by atoms with Gasteiger partial charge in [-0.3, -0.25) is 4.79 Å². The highest BCUT2D eigenvalue weighted by atomic mass is 16.2. The first-order chi connectivity index (χ1) is 9.56. The van der Waals surface area contributed by atoms with E-state index in [-0.39, 0.29) is 11.9 Å². The first kappa shape index (κ1) is 13.1. The summed E-state index contributed by atoms with van der Waals surface area (Å²) in [6.45, 7) is 5.31. The summed E-state index contributed by atoms with van der Waals surface area (Å²) in [5, 5.41) is 4.27. The van der Waals surface area contributed by atoms with Crippen LogP contribution < -0.4 is 5.73 Å². The van der Waals surface area contributed by atoms with Crippen molar-refractivity contribution in [2.24, 2.45) is 5.73 Å². The molecule has 0 aliphatic carbocycles. The smallest absolute Gasteiger partial charge is 0.259 e. The minimum atomic E-state index is 0.00407. The van der Waals surface area contributed by atoms with Crippen molar-refractivity contribution in [2.75, 3.05) is 13.1 Å². The molecule has 3 heterocycles. The minimum absolute atomic E-state index is 0.00407. The molecule has 106 valence electrons. The highest BCUT2D eigenvalue weighted by Crippen LogP contribution is 2.17. The van der Waals surface area contributed by atoms with Gasteiger partial charge < -0.3 is 10.6 Å². The summed E-state index contributed by atoms with van der Waals surface area (Å²) < 4.78 is 1.72. The number of nitrogens with two attached hydrogens (primary N) is 1. The van der Waals surface area contributed by atoms with E-state index in [0.29, 0.717) is 24.3 Å². The molecule has 1 saturated heterocycles. The first-order valence-electron chi connectivity index (χ1n) is 6.93. The topological polar surface area (TPSA) is 76.5 Å². The lowest BCUT2D eigenvalue weighted by Crippen LogP contribution is -2.42. The third kappa shape index (κ3) is 2.16. The molecule has 2 aromatic heterocycles. The van der Waals surface area contributed by atoms with E-state index < -0.39 is 0 Å². The monoisotopic (exact) mass is 273 g/mol. The molecule has 6 nitrogen and oxygen atoms in total. The van der Waals surface area contributed by atoms with Crippen LogP contribution in [-0.4, -0.2) is 44.5 Å². The normalized spacial score (nSPS) is 16.9. The Morgan fingerprint density at radius 3 is 2.75 bits per heavy atom. The summed E-state index contributed by atoms with van der Waals surface area (Å²) in [6, 6.07) is 2.17. The molecule has 1 fully saturated rings. The number of nitrogens with zero attached hydrogens (tertiary/aromatic N) is 4. The number of fused-ring (bicyclic) bond motifs is 1. The predicted octanol–water partition coefficient (Wildman–Crippen LogP) is 0.909. The highest BCUT2D eigenvalue weighted by molar-refractivity contribution is 5.99. The van der Waals surface area contributed by atoms with Crippen molar-refractivity contribution in [1.82, 2.24) is 19.5 Å².